The van der Waals surface area contributed by atoms with Crippen LogP contribution < -0.4 is 21.8 Å². The molecule has 8 heteroatoms. The molecule has 8 nitrogen and oxygen atoms in total. The number of hydrazone groups is 1. The standard InChI is InChI=1S/C22H19N7O/c23-14-20(21(24)25)29-28-19-9-5-4-8-18(19)22(30)27-17-12-10-16(11-13-17)26-15-6-2-1-3-7-15/h1-13,26,28H,(H3,24,25)(H,27,30)/b29-20+. The van der Waals surface area contributed by atoms with Crippen molar-refractivity contribution in [1.82, 2.24) is 0 Å². The molecule has 3 aromatic rings. The van der Waals surface area contributed by atoms with Crippen LogP contribution in [0.3, 0.4) is 0 Å². The van der Waals surface area contributed by atoms with Crippen molar-refractivity contribution in [2.24, 2.45) is 10.8 Å². The van der Waals surface area contributed by atoms with Crippen molar-refractivity contribution >= 4 is 40.2 Å². The molecule has 0 saturated carbocycles. The predicted molar refractivity (Wildman–Crippen MR) is 119 cm³/mol. The van der Waals surface area contributed by atoms with Gasteiger partial charge < -0.3 is 16.4 Å². The highest BCUT2D eigenvalue weighted by molar-refractivity contribution is 6.45. The van der Waals surface area contributed by atoms with Crippen LogP contribution in [0.5, 0.6) is 0 Å². The van der Waals surface area contributed by atoms with Crippen LogP contribution in [0, 0.1) is 16.7 Å². The first-order valence-electron chi connectivity index (χ1n) is 8.97. The van der Waals surface area contributed by atoms with Gasteiger partial charge in [0.2, 0.25) is 5.71 Å². The number of nitrogens with one attached hydrogen (secondary N) is 4. The summed E-state index contributed by atoms with van der Waals surface area (Å²) < 4.78 is 0. The molecule has 0 aliphatic rings. The van der Waals surface area contributed by atoms with E-state index in [1.54, 1.807) is 42.5 Å². The molecule has 0 saturated heterocycles. The lowest BCUT2D eigenvalue weighted by Crippen LogP contribution is -2.22. The molecule has 3 rings (SSSR count). The Bertz CT molecular complexity index is 1120. The van der Waals surface area contributed by atoms with Gasteiger partial charge in [-0.25, -0.2) is 0 Å². The van der Waals surface area contributed by atoms with Gasteiger partial charge in [-0.05, 0) is 48.5 Å². The number of amides is 1. The van der Waals surface area contributed by atoms with Crippen LogP contribution in [0.25, 0.3) is 0 Å². The van der Waals surface area contributed by atoms with Crippen molar-refractivity contribution in [3.05, 3.63) is 84.4 Å². The van der Waals surface area contributed by atoms with Gasteiger partial charge in [-0.15, -0.1) is 0 Å². The molecule has 6 N–H and O–H groups in total. The molecular formula is C22H19N7O. The highest BCUT2D eigenvalue weighted by Crippen LogP contribution is 2.21. The van der Waals surface area contributed by atoms with E-state index in [1.165, 1.54) is 0 Å². The van der Waals surface area contributed by atoms with Crippen LogP contribution in [0.1, 0.15) is 10.4 Å². The van der Waals surface area contributed by atoms with E-state index in [1.807, 2.05) is 42.5 Å². The molecule has 148 valence electrons. The number of hydrogen-bond acceptors (Lipinski definition) is 6. The van der Waals surface area contributed by atoms with Crippen molar-refractivity contribution in [3.63, 3.8) is 0 Å². The topological polar surface area (TPSA) is 139 Å². The number of rotatable bonds is 7. The maximum atomic E-state index is 12.7. The molecule has 0 unspecified atom stereocenters. The van der Waals surface area contributed by atoms with E-state index in [0.717, 1.165) is 11.4 Å². The largest absolute Gasteiger partial charge is 0.382 e. The Morgan fingerprint density at radius 1 is 0.900 bits per heavy atom. The van der Waals surface area contributed by atoms with Crippen molar-refractivity contribution in [1.29, 1.82) is 10.7 Å². The molecule has 0 radical (unpaired) electrons. The summed E-state index contributed by atoms with van der Waals surface area (Å²) in [5.74, 6) is -0.811. The average Bonchev–Trinajstić information content (AvgIpc) is 2.76. The van der Waals surface area contributed by atoms with Gasteiger partial charge in [0.15, 0.2) is 5.84 Å². The summed E-state index contributed by atoms with van der Waals surface area (Å²) in [5.41, 5.74) is 10.8. The first-order valence-corrected chi connectivity index (χ1v) is 8.97. The summed E-state index contributed by atoms with van der Waals surface area (Å²) in [6.07, 6.45) is 0. The number of amidine groups is 1. The fourth-order valence-electron chi connectivity index (χ4n) is 2.56. The Kier molecular flexibility index (Phi) is 6.38. The van der Waals surface area contributed by atoms with Gasteiger partial charge in [0.25, 0.3) is 5.91 Å². The minimum absolute atomic E-state index is 0.272. The van der Waals surface area contributed by atoms with E-state index < -0.39 is 5.84 Å². The SMILES string of the molecule is N#C/C(=N\Nc1ccccc1C(=O)Nc1ccc(Nc2ccccc2)cc1)C(=N)N. The van der Waals surface area contributed by atoms with Gasteiger partial charge in [0.1, 0.15) is 6.07 Å². The number of hydrogen-bond donors (Lipinski definition) is 5. The second kappa shape index (κ2) is 9.52. The minimum Gasteiger partial charge on any atom is -0.382 e. The van der Waals surface area contributed by atoms with Crippen LogP contribution in [0.15, 0.2) is 84.0 Å². The minimum atomic E-state index is -0.462. The smallest absolute Gasteiger partial charge is 0.257 e. The third-order valence-corrected chi connectivity index (χ3v) is 4.03. The monoisotopic (exact) mass is 397 g/mol. The molecule has 1 amide bonds. The van der Waals surface area contributed by atoms with Crippen molar-refractivity contribution in [3.8, 4) is 6.07 Å². The number of benzene rings is 3. The lowest BCUT2D eigenvalue weighted by Gasteiger charge is -2.11. The van der Waals surface area contributed by atoms with Crippen molar-refractivity contribution in [2.75, 3.05) is 16.1 Å². The summed E-state index contributed by atoms with van der Waals surface area (Å²) in [4.78, 5) is 12.7. The van der Waals surface area contributed by atoms with Crippen molar-refractivity contribution < 1.29 is 4.79 Å². The fraction of sp³-hybridized carbons (Fsp3) is 0. The zero-order chi connectivity index (χ0) is 21.3. The van der Waals surface area contributed by atoms with Gasteiger partial charge in [-0.3, -0.25) is 15.6 Å². The third kappa shape index (κ3) is 5.21. The van der Waals surface area contributed by atoms with E-state index >= 15 is 0 Å². The number of nitrogens with zero attached hydrogens (tertiary/aromatic N) is 2. The zero-order valence-corrected chi connectivity index (χ0v) is 15.9. The van der Waals surface area contributed by atoms with Crippen LogP contribution in [-0.2, 0) is 0 Å². The van der Waals surface area contributed by atoms with E-state index in [9.17, 15) is 4.79 Å². The number of carbonyl (C=O) groups excluding carboxylic acids is 1. The summed E-state index contributed by atoms with van der Waals surface area (Å²) in [7, 11) is 0. The second-order valence-corrected chi connectivity index (χ2v) is 6.17. The Morgan fingerprint density at radius 3 is 2.17 bits per heavy atom. The van der Waals surface area contributed by atoms with Gasteiger partial charge in [-0.1, -0.05) is 30.3 Å². The molecule has 0 aliphatic heterocycles. The molecule has 0 aliphatic carbocycles. The van der Waals surface area contributed by atoms with Gasteiger partial charge in [-0.2, -0.15) is 10.4 Å². The van der Waals surface area contributed by atoms with Gasteiger partial charge in [0, 0.05) is 17.1 Å². The third-order valence-electron chi connectivity index (χ3n) is 4.03. The lowest BCUT2D eigenvalue weighted by atomic mass is 10.1. The molecular weight excluding hydrogens is 378 g/mol. The van der Waals surface area contributed by atoms with Crippen LogP contribution in [0.4, 0.5) is 22.7 Å². The summed E-state index contributed by atoms with van der Waals surface area (Å²) in [6.45, 7) is 0. The lowest BCUT2D eigenvalue weighted by molar-refractivity contribution is 0.102. The molecule has 0 heterocycles. The normalized spacial score (nSPS) is 10.6. The highest BCUT2D eigenvalue weighted by atomic mass is 16.1. The fourth-order valence-corrected chi connectivity index (χ4v) is 2.56. The van der Waals surface area contributed by atoms with E-state index in [-0.39, 0.29) is 11.6 Å². The Balaban J connectivity index is 1.70. The maximum Gasteiger partial charge on any atom is 0.257 e. The Labute approximate surface area is 173 Å². The van der Waals surface area contributed by atoms with Gasteiger partial charge in [0.05, 0.1) is 11.3 Å². The quantitative estimate of drug-likeness (QED) is 0.234. The molecule has 30 heavy (non-hydrogen) atoms. The molecule has 0 spiro atoms. The predicted octanol–water partition coefficient (Wildman–Crippen LogP) is 3.91. The highest BCUT2D eigenvalue weighted by Gasteiger charge is 2.12. The number of nitriles is 1. The van der Waals surface area contributed by atoms with Crippen LogP contribution in [-0.4, -0.2) is 17.5 Å². The number of para-hydroxylation sites is 2. The Hall–Kier alpha value is -4.64. The Morgan fingerprint density at radius 2 is 1.50 bits per heavy atom. The average molecular weight is 397 g/mol. The molecule has 0 atom stereocenters. The van der Waals surface area contributed by atoms with E-state index in [4.69, 9.17) is 16.4 Å². The van der Waals surface area contributed by atoms with E-state index in [0.29, 0.717) is 16.9 Å². The van der Waals surface area contributed by atoms with Crippen LogP contribution in [0.2, 0.25) is 0 Å². The number of anilines is 4. The molecule has 0 aromatic heterocycles. The molecule has 3 aromatic carbocycles. The number of carbonyl (C=O) groups is 1. The molecule has 0 fully saturated rings. The maximum absolute atomic E-state index is 12.7. The summed E-state index contributed by atoms with van der Waals surface area (Å²) in [5, 5.41) is 26.1. The van der Waals surface area contributed by atoms with Gasteiger partial charge >= 0.3 is 0 Å². The summed E-state index contributed by atoms with van der Waals surface area (Å²) in [6, 6.07) is 25.5. The van der Waals surface area contributed by atoms with E-state index in [2.05, 4.69) is 21.2 Å². The molecule has 0 bridgehead atoms. The first kappa shape index (κ1) is 20.1. The summed E-state index contributed by atoms with van der Waals surface area (Å²) >= 11 is 0. The first-order chi connectivity index (χ1) is 14.6. The van der Waals surface area contributed by atoms with Crippen molar-refractivity contribution in [2.45, 2.75) is 0 Å². The van der Waals surface area contributed by atoms with Crippen LogP contribution >= 0.6 is 0 Å². The number of nitrogens with two attached hydrogens (primary N) is 1. The zero-order valence-electron chi connectivity index (χ0n) is 15.9. The second-order valence-electron chi connectivity index (χ2n) is 6.17.